The summed E-state index contributed by atoms with van der Waals surface area (Å²) in [4.78, 5) is 23.5. The molecule has 2 atom stereocenters. The lowest BCUT2D eigenvalue weighted by Crippen LogP contribution is -2.45. The number of amides is 1. The number of aliphatic carboxylic acids is 1. The van der Waals surface area contributed by atoms with Crippen LogP contribution in [0.2, 0.25) is 5.02 Å². The topological polar surface area (TPSA) is 95.9 Å². The van der Waals surface area contributed by atoms with Gasteiger partial charge in [-0.25, -0.2) is 4.79 Å². The first-order valence-electron chi connectivity index (χ1n) is 7.00. The summed E-state index contributed by atoms with van der Waals surface area (Å²) in [6, 6.07) is 1.60. The second-order valence-electron chi connectivity index (χ2n) is 4.91. The first kappa shape index (κ1) is 18.1. The molecular weight excluding hydrogens is 310 g/mol. The highest BCUT2D eigenvalue weighted by molar-refractivity contribution is 6.32. The lowest BCUT2D eigenvalue weighted by molar-refractivity contribution is -0.140. The van der Waals surface area contributed by atoms with E-state index in [4.69, 9.17) is 16.3 Å². The zero-order valence-corrected chi connectivity index (χ0v) is 13.5. The van der Waals surface area contributed by atoms with Crippen molar-refractivity contribution in [2.24, 2.45) is 5.92 Å². The van der Waals surface area contributed by atoms with Gasteiger partial charge in [-0.05, 0) is 25.0 Å². The van der Waals surface area contributed by atoms with Crippen molar-refractivity contribution in [2.45, 2.75) is 33.2 Å². The van der Waals surface area contributed by atoms with Crippen LogP contribution < -0.4 is 10.1 Å². The Hall–Kier alpha value is -1.95. The van der Waals surface area contributed by atoms with E-state index < -0.39 is 17.9 Å². The third kappa shape index (κ3) is 4.27. The molecule has 6 nitrogen and oxygen atoms in total. The number of carboxylic acids is 1. The standard InChI is InChI=1S/C15H20ClNO5/c1-4-8(3)12(15(20)21)17-14(19)9-6-10(16)13(18)11(7-9)22-5-2/h6-8,12,18H,4-5H2,1-3H3,(H,17,19)(H,20,21)/t8-,12-/m0/s1. The van der Waals surface area contributed by atoms with Crippen molar-refractivity contribution >= 4 is 23.5 Å². The Morgan fingerprint density at radius 3 is 2.50 bits per heavy atom. The van der Waals surface area contributed by atoms with Crippen LogP contribution in [0.4, 0.5) is 0 Å². The molecule has 0 bridgehead atoms. The van der Waals surface area contributed by atoms with E-state index in [2.05, 4.69) is 5.32 Å². The second-order valence-corrected chi connectivity index (χ2v) is 5.32. The summed E-state index contributed by atoms with van der Waals surface area (Å²) in [5.74, 6) is -2.08. The molecule has 1 aromatic carbocycles. The number of carbonyl (C=O) groups excluding carboxylic acids is 1. The fraction of sp³-hybridized carbons (Fsp3) is 0.467. The Balaban J connectivity index is 3.04. The molecule has 0 aliphatic rings. The maximum Gasteiger partial charge on any atom is 0.326 e. The fourth-order valence-corrected chi connectivity index (χ4v) is 2.09. The van der Waals surface area contributed by atoms with Crippen molar-refractivity contribution in [3.63, 3.8) is 0 Å². The van der Waals surface area contributed by atoms with Crippen molar-refractivity contribution in [1.29, 1.82) is 0 Å². The summed E-state index contributed by atoms with van der Waals surface area (Å²) >= 11 is 5.86. The monoisotopic (exact) mass is 329 g/mol. The molecule has 1 aromatic rings. The number of hydrogen-bond acceptors (Lipinski definition) is 4. The highest BCUT2D eigenvalue weighted by Crippen LogP contribution is 2.35. The number of hydrogen-bond donors (Lipinski definition) is 3. The minimum Gasteiger partial charge on any atom is -0.503 e. The molecule has 7 heteroatoms. The zero-order valence-electron chi connectivity index (χ0n) is 12.7. The van der Waals surface area contributed by atoms with Gasteiger partial charge in [0.1, 0.15) is 6.04 Å². The first-order chi connectivity index (χ1) is 10.3. The van der Waals surface area contributed by atoms with Gasteiger partial charge in [0.05, 0.1) is 11.6 Å². The van der Waals surface area contributed by atoms with Crippen LogP contribution >= 0.6 is 11.6 Å². The largest absolute Gasteiger partial charge is 0.503 e. The van der Waals surface area contributed by atoms with Gasteiger partial charge in [0.2, 0.25) is 0 Å². The molecule has 0 fully saturated rings. The van der Waals surface area contributed by atoms with E-state index in [0.717, 1.165) is 0 Å². The van der Waals surface area contributed by atoms with Crippen molar-refractivity contribution < 1.29 is 24.5 Å². The number of benzene rings is 1. The van der Waals surface area contributed by atoms with Gasteiger partial charge in [0.15, 0.2) is 11.5 Å². The van der Waals surface area contributed by atoms with Crippen LogP contribution in [-0.2, 0) is 4.79 Å². The van der Waals surface area contributed by atoms with Crippen LogP contribution in [0.1, 0.15) is 37.6 Å². The summed E-state index contributed by atoms with van der Waals surface area (Å²) < 4.78 is 5.20. The molecular formula is C15H20ClNO5. The van der Waals surface area contributed by atoms with E-state index in [9.17, 15) is 19.8 Å². The molecule has 0 heterocycles. The fourth-order valence-electron chi connectivity index (χ4n) is 1.88. The Morgan fingerprint density at radius 1 is 1.36 bits per heavy atom. The summed E-state index contributed by atoms with van der Waals surface area (Å²) in [6.07, 6.45) is 0.609. The number of aromatic hydroxyl groups is 1. The Bertz CT molecular complexity index is 561. The molecule has 0 aromatic heterocycles. The average molecular weight is 330 g/mol. The number of phenolic OH excluding ortho intramolecular Hbond substituents is 1. The highest BCUT2D eigenvalue weighted by atomic mass is 35.5. The van der Waals surface area contributed by atoms with E-state index in [-0.39, 0.29) is 28.0 Å². The van der Waals surface area contributed by atoms with Crippen molar-refractivity contribution in [3.8, 4) is 11.5 Å². The molecule has 1 rings (SSSR count). The lowest BCUT2D eigenvalue weighted by Gasteiger charge is -2.20. The molecule has 0 radical (unpaired) electrons. The summed E-state index contributed by atoms with van der Waals surface area (Å²) in [7, 11) is 0. The first-order valence-corrected chi connectivity index (χ1v) is 7.38. The van der Waals surface area contributed by atoms with Gasteiger partial charge in [0.25, 0.3) is 5.91 Å². The third-order valence-corrected chi connectivity index (χ3v) is 3.64. The minimum atomic E-state index is -1.10. The summed E-state index contributed by atoms with van der Waals surface area (Å²) in [5, 5.41) is 21.4. The molecule has 0 saturated carbocycles. The number of ether oxygens (including phenoxy) is 1. The molecule has 22 heavy (non-hydrogen) atoms. The molecule has 0 saturated heterocycles. The number of nitrogens with one attached hydrogen (secondary N) is 1. The third-order valence-electron chi connectivity index (χ3n) is 3.36. The molecule has 0 aliphatic heterocycles. The number of carbonyl (C=O) groups is 2. The lowest BCUT2D eigenvalue weighted by atomic mass is 9.99. The van der Waals surface area contributed by atoms with Gasteiger partial charge in [-0.3, -0.25) is 4.79 Å². The molecule has 122 valence electrons. The van der Waals surface area contributed by atoms with Crippen molar-refractivity contribution in [1.82, 2.24) is 5.32 Å². The maximum atomic E-state index is 12.2. The van der Waals surface area contributed by atoms with Gasteiger partial charge < -0.3 is 20.3 Å². The Labute approximate surface area is 134 Å². The van der Waals surface area contributed by atoms with Crippen LogP contribution in [0, 0.1) is 5.92 Å². The van der Waals surface area contributed by atoms with E-state index in [1.165, 1.54) is 12.1 Å². The van der Waals surface area contributed by atoms with Crippen LogP contribution in [-0.4, -0.2) is 34.7 Å². The number of carboxylic acid groups (broad SMARTS) is 1. The van der Waals surface area contributed by atoms with Crippen LogP contribution in [0.15, 0.2) is 12.1 Å². The quantitative estimate of drug-likeness (QED) is 0.714. The number of rotatable bonds is 7. The van der Waals surface area contributed by atoms with E-state index in [0.29, 0.717) is 13.0 Å². The smallest absolute Gasteiger partial charge is 0.326 e. The van der Waals surface area contributed by atoms with E-state index >= 15 is 0 Å². The minimum absolute atomic E-state index is 0.0356. The van der Waals surface area contributed by atoms with Gasteiger partial charge in [-0.2, -0.15) is 0 Å². The van der Waals surface area contributed by atoms with E-state index in [1.54, 1.807) is 13.8 Å². The van der Waals surface area contributed by atoms with Crippen LogP contribution in [0.25, 0.3) is 0 Å². The van der Waals surface area contributed by atoms with Gasteiger partial charge in [-0.15, -0.1) is 0 Å². The highest BCUT2D eigenvalue weighted by Gasteiger charge is 2.26. The summed E-state index contributed by atoms with van der Waals surface area (Å²) in [6.45, 7) is 5.61. The molecule has 3 N–H and O–H groups in total. The average Bonchev–Trinajstić information content (AvgIpc) is 2.48. The molecule has 1 amide bonds. The van der Waals surface area contributed by atoms with Gasteiger partial charge in [-0.1, -0.05) is 31.9 Å². The predicted octanol–water partition coefficient (Wildman–Crippen LogP) is 2.67. The molecule has 0 aliphatic carbocycles. The number of halogens is 1. The maximum absolute atomic E-state index is 12.2. The van der Waals surface area contributed by atoms with E-state index in [1.807, 2.05) is 6.92 Å². The number of phenols is 1. The normalized spacial score (nSPS) is 13.3. The SMILES string of the molecule is CCOc1cc(C(=O)N[C@H](C(=O)O)[C@@H](C)CC)cc(Cl)c1O. The Kier molecular flexibility index (Phi) is 6.49. The van der Waals surface area contributed by atoms with Crippen molar-refractivity contribution in [2.75, 3.05) is 6.61 Å². The molecule has 0 unspecified atom stereocenters. The second kappa shape index (κ2) is 7.89. The van der Waals surface area contributed by atoms with Gasteiger partial charge >= 0.3 is 5.97 Å². The predicted molar refractivity (Wildman–Crippen MR) is 82.6 cm³/mol. The van der Waals surface area contributed by atoms with Crippen molar-refractivity contribution in [3.05, 3.63) is 22.7 Å². The summed E-state index contributed by atoms with van der Waals surface area (Å²) in [5.41, 5.74) is 0.126. The van der Waals surface area contributed by atoms with Gasteiger partial charge in [0, 0.05) is 5.56 Å². The molecule has 0 spiro atoms. The van der Waals surface area contributed by atoms with Crippen LogP contribution in [0.3, 0.4) is 0 Å². The Morgan fingerprint density at radius 2 is 2.00 bits per heavy atom. The zero-order chi connectivity index (χ0) is 16.9. The van der Waals surface area contributed by atoms with Crippen LogP contribution in [0.5, 0.6) is 11.5 Å².